The molecule has 8 heteroatoms. The summed E-state index contributed by atoms with van der Waals surface area (Å²) in [5.74, 6) is 0.0966. The van der Waals surface area contributed by atoms with Crippen LogP contribution >= 0.6 is 23.1 Å². The highest BCUT2D eigenvalue weighted by atomic mass is 32.2. The Bertz CT molecular complexity index is 1030. The van der Waals surface area contributed by atoms with Gasteiger partial charge in [0.2, 0.25) is 0 Å². The number of carbonyl (C=O) groups is 2. The highest BCUT2D eigenvalue weighted by molar-refractivity contribution is 7.99. The van der Waals surface area contributed by atoms with Gasteiger partial charge < -0.3 is 15.1 Å². The summed E-state index contributed by atoms with van der Waals surface area (Å²) in [6, 6.07) is 9.68. The number of carbonyl (C=O) groups excluding carboxylic acids is 2. The first-order valence-corrected chi connectivity index (χ1v) is 10.5. The molecule has 5 nitrogen and oxygen atoms in total. The highest BCUT2D eigenvalue weighted by Crippen LogP contribution is 2.38. The van der Waals surface area contributed by atoms with E-state index in [1.54, 1.807) is 24.3 Å². The zero-order chi connectivity index (χ0) is 19.7. The second-order valence-electron chi connectivity index (χ2n) is 6.38. The van der Waals surface area contributed by atoms with E-state index in [2.05, 4.69) is 10.6 Å². The molecular formula is C20H17FN2O3S2. The van der Waals surface area contributed by atoms with Gasteiger partial charge in [-0.2, -0.15) is 0 Å². The predicted octanol–water partition coefficient (Wildman–Crippen LogP) is 5.01. The lowest BCUT2D eigenvalue weighted by atomic mass is 10.0. The Morgan fingerprint density at radius 2 is 2.07 bits per heavy atom. The van der Waals surface area contributed by atoms with E-state index in [-0.39, 0.29) is 29.4 Å². The van der Waals surface area contributed by atoms with E-state index in [4.69, 9.17) is 4.42 Å². The number of thiophene rings is 1. The van der Waals surface area contributed by atoms with Crippen LogP contribution in [-0.2, 0) is 0 Å². The SMILES string of the molecule is Cc1cc(NC(=O)c2ccco2)sc1C(=O)NC1CCSc2c(F)cccc21. The van der Waals surface area contributed by atoms with Gasteiger partial charge in [-0.3, -0.25) is 9.59 Å². The Balaban J connectivity index is 1.50. The van der Waals surface area contributed by atoms with Crippen LogP contribution in [0.4, 0.5) is 9.39 Å². The first-order chi connectivity index (χ1) is 13.5. The maximum Gasteiger partial charge on any atom is 0.291 e. The second kappa shape index (κ2) is 7.81. The van der Waals surface area contributed by atoms with Crippen LogP contribution in [0.15, 0.2) is 52.0 Å². The van der Waals surface area contributed by atoms with Crippen molar-refractivity contribution in [2.45, 2.75) is 24.3 Å². The number of anilines is 1. The molecule has 0 aliphatic carbocycles. The van der Waals surface area contributed by atoms with Gasteiger partial charge in [-0.25, -0.2) is 4.39 Å². The van der Waals surface area contributed by atoms with E-state index in [9.17, 15) is 14.0 Å². The topological polar surface area (TPSA) is 71.3 Å². The highest BCUT2D eigenvalue weighted by Gasteiger charge is 2.26. The van der Waals surface area contributed by atoms with Crippen LogP contribution in [0.3, 0.4) is 0 Å². The first-order valence-electron chi connectivity index (χ1n) is 8.70. The number of fused-ring (bicyclic) bond motifs is 1. The average Bonchev–Trinajstić information content (AvgIpc) is 3.32. The van der Waals surface area contributed by atoms with Gasteiger partial charge in [-0.15, -0.1) is 23.1 Å². The molecule has 0 fully saturated rings. The second-order valence-corrected chi connectivity index (χ2v) is 8.53. The number of thioether (sulfide) groups is 1. The summed E-state index contributed by atoms with van der Waals surface area (Å²) < 4.78 is 19.1. The van der Waals surface area contributed by atoms with Crippen LogP contribution in [-0.4, -0.2) is 17.6 Å². The summed E-state index contributed by atoms with van der Waals surface area (Å²) in [5, 5.41) is 6.32. The lowest BCUT2D eigenvalue weighted by Gasteiger charge is -2.26. The number of furan rings is 1. The summed E-state index contributed by atoms with van der Waals surface area (Å²) in [6.07, 6.45) is 2.16. The van der Waals surface area contributed by atoms with E-state index in [0.29, 0.717) is 14.8 Å². The standard InChI is InChI=1S/C20H17FN2O3S2/c1-11-10-16(23-19(24)15-6-3-8-26-15)28-17(11)20(25)22-14-7-9-27-18-12(14)4-2-5-13(18)21/h2-6,8,10,14H,7,9H2,1H3,(H,22,25)(H,23,24). The molecule has 2 aromatic heterocycles. The molecule has 1 aromatic carbocycles. The maximum atomic E-state index is 14.0. The third kappa shape index (κ3) is 3.70. The Labute approximate surface area is 169 Å². The van der Waals surface area contributed by atoms with E-state index in [0.717, 1.165) is 23.3 Å². The van der Waals surface area contributed by atoms with E-state index < -0.39 is 0 Å². The first kappa shape index (κ1) is 18.8. The molecular weight excluding hydrogens is 399 g/mol. The zero-order valence-corrected chi connectivity index (χ0v) is 16.6. The molecule has 1 unspecified atom stereocenters. The Hall–Kier alpha value is -2.58. The fraction of sp³-hybridized carbons (Fsp3) is 0.200. The third-order valence-corrected chi connectivity index (χ3v) is 6.75. The number of rotatable bonds is 4. The number of amides is 2. The van der Waals surface area contributed by atoms with Gasteiger partial charge in [0.1, 0.15) is 5.82 Å². The van der Waals surface area contributed by atoms with Gasteiger partial charge in [0, 0.05) is 10.6 Å². The van der Waals surface area contributed by atoms with Gasteiger partial charge >= 0.3 is 0 Å². The van der Waals surface area contributed by atoms with Crippen molar-refractivity contribution in [1.29, 1.82) is 0 Å². The molecule has 0 radical (unpaired) electrons. The molecule has 1 atom stereocenters. The number of aryl methyl sites for hydroxylation is 1. The predicted molar refractivity (Wildman–Crippen MR) is 108 cm³/mol. The van der Waals surface area contributed by atoms with Crippen molar-refractivity contribution in [3.05, 3.63) is 70.2 Å². The summed E-state index contributed by atoms with van der Waals surface area (Å²) in [4.78, 5) is 26.1. The number of hydrogen-bond acceptors (Lipinski definition) is 5. The van der Waals surface area contributed by atoms with Crippen LogP contribution in [0.1, 0.15) is 43.8 Å². The molecule has 3 heterocycles. The Kier molecular flexibility index (Phi) is 5.23. The molecule has 0 saturated heterocycles. The van der Waals surface area contributed by atoms with Crippen molar-refractivity contribution in [1.82, 2.24) is 5.32 Å². The smallest absolute Gasteiger partial charge is 0.291 e. The average molecular weight is 416 g/mol. The van der Waals surface area contributed by atoms with Crippen molar-refractivity contribution in [2.24, 2.45) is 0 Å². The third-order valence-electron chi connectivity index (χ3n) is 4.44. The van der Waals surface area contributed by atoms with E-state index in [1.807, 2.05) is 13.0 Å². The van der Waals surface area contributed by atoms with Crippen molar-refractivity contribution < 1.29 is 18.4 Å². The molecule has 0 bridgehead atoms. The number of nitrogens with one attached hydrogen (secondary N) is 2. The molecule has 2 amide bonds. The minimum absolute atomic E-state index is 0.204. The van der Waals surface area contributed by atoms with Crippen molar-refractivity contribution in [3.8, 4) is 0 Å². The van der Waals surface area contributed by atoms with E-state index >= 15 is 0 Å². The number of benzene rings is 1. The monoisotopic (exact) mass is 416 g/mol. The Morgan fingerprint density at radius 1 is 1.21 bits per heavy atom. The lowest BCUT2D eigenvalue weighted by Crippen LogP contribution is -2.30. The van der Waals surface area contributed by atoms with Crippen molar-refractivity contribution in [2.75, 3.05) is 11.1 Å². The molecule has 2 N–H and O–H groups in total. The van der Waals surface area contributed by atoms with Gasteiger partial charge in [0.25, 0.3) is 11.8 Å². The molecule has 0 spiro atoms. The van der Waals surface area contributed by atoms with Crippen LogP contribution in [0.2, 0.25) is 0 Å². The van der Waals surface area contributed by atoms with Crippen LogP contribution in [0.25, 0.3) is 0 Å². The molecule has 4 rings (SSSR count). The van der Waals surface area contributed by atoms with Crippen LogP contribution in [0, 0.1) is 12.7 Å². The van der Waals surface area contributed by atoms with Crippen LogP contribution < -0.4 is 10.6 Å². The zero-order valence-electron chi connectivity index (χ0n) is 15.0. The summed E-state index contributed by atoms with van der Waals surface area (Å²) >= 11 is 2.68. The van der Waals surface area contributed by atoms with Gasteiger partial charge in [-0.1, -0.05) is 12.1 Å². The Morgan fingerprint density at radius 3 is 2.86 bits per heavy atom. The number of hydrogen-bond donors (Lipinski definition) is 2. The maximum absolute atomic E-state index is 14.0. The molecule has 1 aliphatic heterocycles. The summed E-state index contributed by atoms with van der Waals surface area (Å²) in [7, 11) is 0. The molecule has 144 valence electrons. The van der Waals surface area contributed by atoms with Crippen molar-refractivity contribution in [3.63, 3.8) is 0 Å². The van der Waals surface area contributed by atoms with Gasteiger partial charge in [-0.05, 0) is 48.7 Å². The van der Waals surface area contributed by atoms with Gasteiger partial charge in [0.15, 0.2) is 5.76 Å². The minimum Gasteiger partial charge on any atom is -0.459 e. The van der Waals surface area contributed by atoms with Crippen molar-refractivity contribution >= 4 is 39.9 Å². The fourth-order valence-corrected chi connectivity index (χ4v) is 5.22. The normalized spacial score (nSPS) is 15.7. The minimum atomic E-state index is -0.369. The largest absolute Gasteiger partial charge is 0.459 e. The quantitative estimate of drug-likeness (QED) is 0.627. The molecule has 28 heavy (non-hydrogen) atoms. The molecule has 1 aliphatic rings. The van der Waals surface area contributed by atoms with E-state index in [1.165, 1.54) is 35.4 Å². The lowest BCUT2D eigenvalue weighted by molar-refractivity contribution is 0.0937. The number of halogens is 1. The summed E-state index contributed by atoms with van der Waals surface area (Å²) in [5.41, 5.74) is 1.58. The fourth-order valence-electron chi connectivity index (χ4n) is 3.11. The molecule has 0 saturated carbocycles. The van der Waals surface area contributed by atoms with Gasteiger partial charge in [0.05, 0.1) is 22.2 Å². The molecule has 3 aromatic rings. The van der Waals surface area contributed by atoms with Crippen LogP contribution in [0.5, 0.6) is 0 Å². The summed E-state index contributed by atoms with van der Waals surface area (Å²) in [6.45, 7) is 1.82.